The van der Waals surface area contributed by atoms with Crippen LogP contribution < -0.4 is 11.1 Å². The highest BCUT2D eigenvalue weighted by Crippen LogP contribution is 2.29. The van der Waals surface area contributed by atoms with Crippen LogP contribution in [0, 0.1) is 18.3 Å². The lowest BCUT2D eigenvalue weighted by atomic mass is 9.96. The minimum atomic E-state index is 0.309. The fraction of sp³-hybridized carbons (Fsp3) is 0.467. The number of aryl methyl sites for hydroxylation is 1. The molecule has 0 saturated carbocycles. The molecule has 0 bridgehead atoms. The molecule has 3 rings (SSSR count). The van der Waals surface area contributed by atoms with Crippen molar-refractivity contribution >= 4 is 17.2 Å². The predicted octanol–water partition coefficient (Wildman–Crippen LogP) is 8.03. The Morgan fingerprint density at radius 2 is 1.68 bits per heavy atom. The summed E-state index contributed by atoms with van der Waals surface area (Å²) < 4.78 is 0. The van der Waals surface area contributed by atoms with Crippen molar-refractivity contribution in [3.05, 3.63) is 77.2 Å². The largest absolute Gasteiger partial charge is 0.398 e. The average molecular weight is 463 g/mol. The molecule has 1 atom stereocenters. The van der Waals surface area contributed by atoms with Gasteiger partial charge in [0.1, 0.15) is 0 Å². The van der Waals surface area contributed by atoms with Crippen LogP contribution in [0.1, 0.15) is 85.6 Å². The number of rotatable bonds is 6. The van der Waals surface area contributed by atoms with Gasteiger partial charge in [-0.2, -0.15) is 0 Å². The van der Waals surface area contributed by atoms with Gasteiger partial charge in [0.05, 0.1) is 5.69 Å². The Morgan fingerprint density at radius 1 is 1.06 bits per heavy atom. The number of anilines is 1. The number of nitrogens with one attached hydrogen (secondary N) is 1. The van der Waals surface area contributed by atoms with Crippen molar-refractivity contribution in [3.8, 4) is 0 Å². The van der Waals surface area contributed by atoms with Gasteiger partial charge in [0.15, 0.2) is 0 Å². The van der Waals surface area contributed by atoms with E-state index in [9.17, 15) is 0 Å². The lowest BCUT2D eigenvalue weighted by Gasteiger charge is -2.17. The highest BCUT2D eigenvalue weighted by atomic mass is 15.1. The van der Waals surface area contributed by atoms with E-state index in [0.29, 0.717) is 23.3 Å². The molecule has 1 aliphatic rings. The van der Waals surface area contributed by atoms with E-state index in [-0.39, 0.29) is 0 Å². The lowest BCUT2D eigenvalue weighted by molar-refractivity contribution is 0.556. The Labute approximate surface area is 208 Å². The van der Waals surface area contributed by atoms with E-state index in [1.54, 1.807) is 6.20 Å². The van der Waals surface area contributed by atoms with Gasteiger partial charge in [0.2, 0.25) is 5.95 Å². The molecule has 0 radical (unpaired) electrons. The molecule has 0 amide bonds. The first-order valence-electron chi connectivity index (χ1n) is 12.6. The Bertz CT molecular complexity index is 979. The van der Waals surface area contributed by atoms with Crippen molar-refractivity contribution in [2.24, 2.45) is 17.1 Å². The summed E-state index contributed by atoms with van der Waals surface area (Å²) in [5.41, 5.74) is 12.9. The summed E-state index contributed by atoms with van der Waals surface area (Å²) in [4.78, 5) is 8.90. The molecule has 0 unspecified atom stereocenters. The van der Waals surface area contributed by atoms with E-state index >= 15 is 0 Å². The first-order chi connectivity index (χ1) is 16.0. The fourth-order valence-electron chi connectivity index (χ4n) is 3.21. The maximum Gasteiger partial charge on any atom is 0.223 e. The van der Waals surface area contributed by atoms with Crippen molar-refractivity contribution in [3.63, 3.8) is 0 Å². The van der Waals surface area contributed by atoms with Crippen molar-refractivity contribution in [1.29, 1.82) is 0 Å². The Kier molecular flexibility index (Phi) is 11.8. The van der Waals surface area contributed by atoms with Gasteiger partial charge in [-0.25, -0.2) is 9.97 Å². The van der Waals surface area contributed by atoms with Gasteiger partial charge >= 0.3 is 0 Å². The molecule has 1 aromatic carbocycles. The summed E-state index contributed by atoms with van der Waals surface area (Å²) in [5.74, 6) is 1.15. The molecule has 1 heterocycles. The zero-order chi connectivity index (χ0) is 25.9. The molecule has 2 aromatic rings. The molecule has 186 valence electrons. The number of allylic oxidation sites excluding steroid dienone is 5. The number of nitrogens with two attached hydrogens (primary N) is 1. The van der Waals surface area contributed by atoms with Crippen LogP contribution in [0.2, 0.25) is 0 Å². The molecule has 1 aromatic heterocycles. The van der Waals surface area contributed by atoms with Crippen molar-refractivity contribution in [2.45, 2.75) is 81.7 Å². The highest BCUT2D eigenvalue weighted by Gasteiger charge is 2.15. The van der Waals surface area contributed by atoms with Crippen LogP contribution in [0.25, 0.3) is 11.3 Å². The van der Waals surface area contributed by atoms with Gasteiger partial charge in [-0.1, -0.05) is 102 Å². The molecule has 0 aliphatic heterocycles. The van der Waals surface area contributed by atoms with Crippen LogP contribution in [0.15, 0.2) is 60.3 Å². The van der Waals surface area contributed by atoms with Crippen LogP contribution in [-0.4, -0.2) is 16.0 Å². The first-order valence-corrected chi connectivity index (χ1v) is 12.6. The van der Waals surface area contributed by atoms with Crippen LogP contribution in [-0.2, 0) is 0 Å². The standard InChI is InChI=1S/C19H26N4.C9H14.C2H6/c1-12(2)15(5)22-19-21-11-10-17(23-19)14(4)18(20)16-8-6-13(3)7-9-16;1-4-8-5-6-9(2,3)7-8;1-2/h6-12,15H,20H2,1-5H3,(H,21,22,23);5-7H,4H2,1-3H3;1-2H3/b18-14+;;/t15-;;/m0../s1. The van der Waals surface area contributed by atoms with Crippen LogP contribution in [0.3, 0.4) is 0 Å². The molecule has 4 nitrogen and oxygen atoms in total. The fourth-order valence-corrected chi connectivity index (χ4v) is 3.21. The summed E-state index contributed by atoms with van der Waals surface area (Å²) >= 11 is 0. The molecule has 0 spiro atoms. The van der Waals surface area contributed by atoms with Gasteiger partial charge in [-0.3, -0.25) is 0 Å². The smallest absolute Gasteiger partial charge is 0.223 e. The van der Waals surface area contributed by atoms with E-state index in [2.05, 4.69) is 94.1 Å². The second-order valence-electron chi connectivity index (χ2n) is 9.57. The summed E-state index contributed by atoms with van der Waals surface area (Å²) in [6, 6.07) is 10.4. The second kappa shape index (κ2) is 13.7. The maximum atomic E-state index is 6.32. The van der Waals surface area contributed by atoms with E-state index in [0.717, 1.165) is 22.5 Å². The summed E-state index contributed by atoms with van der Waals surface area (Å²) in [5, 5.41) is 3.34. The van der Waals surface area contributed by atoms with Crippen LogP contribution in [0.4, 0.5) is 5.95 Å². The second-order valence-corrected chi connectivity index (χ2v) is 9.57. The third kappa shape index (κ3) is 9.17. The first kappa shape index (κ1) is 29.2. The van der Waals surface area contributed by atoms with Crippen molar-refractivity contribution in [2.75, 3.05) is 5.32 Å². The van der Waals surface area contributed by atoms with Crippen molar-refractivity contribution < 1.29 is 0 Å². The minimum Gasteiger partial charge on any atom is -0.398 e. The zero-order valence-corrected chi connectivity index (χ0v) is 23.0. The number of aromatic nitrogens is 2. The van der Waals surface area contributed by atoms with E-state index in [1.807, 2.05) is 39.0 Å². The van der Waals surface area contributed by atoms with E-state index in [4.69, 9.17) is 5.73 Å². The Hall–Kier alpha value is -2.88. The topological polar surface area (TPSA) is 63.8 Å². The van der Waals surface area contributed by atoms with Gasteiger partial charge in [0, 0.05) is 23.4 Å². The number of hydrogen-bond donors (Lipinski definition) is 2. The van der Waals surface area contributed by atoms with Gasteiger partial charge in [0.25, 0.3) is 0 Å². The van der Waals surface area contributed by atoms with Crippen LogP contribution in [0.5, 0.6) is 0 Å². The van der Waals surface area contributed by atoms with E-state index < -0.39 is 0 Å². The molecular weight excluding hydrogens is 416 g/mol. The molecule has 0 fully saturated rings. The van der Waals surface area contributed by atoms with Gasteiger partial charge < -0.3 is 11.1 Å². The number of benzene rings is 1. The summed E-state index contributed by atoms with van der Waals surface area (Å²) in [6.07, 6.45) is 9.74. The average Bonchev–Trinajstić information content (AvgIpc) is 3.19. The summed E-state index contributed by atoms with van der Waals surface area (Å²) in [7, 11) is 0. The highest BCUT2D eigenvalue weighted by molar-refractivity contribution is 5.87. The lowest BCUT2D eigenvalue weighted by Crippen LogP contribution is -2.23. The minimum absolute atomic E-state index is 0.309. The van der Waals surface area contributed by atoms with Crippen LogP contribution >= 0.6 is 0 Å². The molecule has 34 heavy (non-hydrogen) atoms. The number of hydrogen-bond acceptors (Lipinski definition) is 4. The molecule has 0 saturated heterocycles. The van der Waals surface area contributed by atoms with Gasteiger partial charge in [-0.15, -0.1) is 0 Å². The SMILES string of the molecule is C/C(=C(\N)c1ccc(C)cc1)c1ccnc(N[C@@H](C)C(C)C)n1.CC.CCC1=CC(C)(C)C=C1. The molecule has 4 heteroatoms. The Balaban J connectivity index is 0.000000437. The monoisotopic (exact) mass is 462 g/mol. The van der Waals surface area contributed by atoms with Crippen molar-refractivity contribution in [1.82, 2.24) is 9.97 Å². The van der Waals surface area contributed by atoms with Gasteiger partial charge in [-0.05, 0) is 50.3 Å². The normalized spacial score (nSPS) is 15.3. The summed E-state index contributed by atoms with van der Waals surface area (Å²) in [6.45, 7) is 21.2. The molecule has 1 aliphatic carbocycles. The number of nitrogens with zero attached hydrogens (tertiary/aromatic N) is 2. The third-order valence-electron chi connectivity index (χ3n) is 5.86. The quantitative estimate of drug-likeness (QED) is 0.456. The third-order valence-corrected chi connectivity index (χ3v) is 5.86. The maximum absolute atomic E-state index is 6.32. The Morgan fingerprint density at radius 3 is 2.15 bits per heavy atom. The molecular formula is C30H46N4. The van der Waals surface area contributed by atoms with E-state index in [1.165, 1.54) is 17.6 Å². The zero-order valence-electron chi connectivity index (χ0n) is 23.0. The molecule has 3 N–H and O–H groups in total. The predicted molar refractivity (Wildman–Crippen MR) is 150 cm³/mol.